The standard InChI is InChI=1S/C21H29N5OS/c1-14-6-7-17(12-15(14)2)16(3)22-19(27)13-28-21-24-23-20(25-10-4-5-11-25)26(21)18-8-9-18/h6-7,12,16,18H,4-5,8-11,13H2,1-3H3,(H,22,27). The van der Waals surface area contributed by atoms with Crippen LogP contribution < -0.4 is 10.2 Å². The van der Waals surface area contributed by atoms with Crippen molar-refractivity contribution in [3.8, 4) is 0 Å². The van der Waals surface area contributed by atoms with Crippen molar-refractivity contribution in [2.45, 2.75) is 63.7 Å². The molecule has 1 aromatic carbocycles. The molecule has 1 aromatic heterocycles. The van der Waals surface area contributed by atoms with E-state index in [0.29, 0.717) is 11.8 Å². The smallest absolute Gasteiger partial charge is 0.230 e. The highest BCUT2D eigenvalue weighted by Gasteiger charge is 2.32. The van der Waals surface area contributed by atoms with Gasteiger partial charge in [-0.15, -0.1) is 10.2 Å². The van der Waals surface area contributed by atoms with Gasteiger partial charge >= 0.3 is 0 Å². The molecule has 150 valence electrons. The summed E-state index contributed by atoms with van der Waals surface area (Å²) in [7, 11) is 0. The van der Waals surface area contributed by atoms with Crippen LogP contribution in [0.1, 0.15) is 61.4 Å². The number of rotatable bonds is 7. The van der Waals surface area contributed by atoms with E-state index >= 15 is 0 Å². The average molecular weight is 400 g/mol. The SMILES string of the molecule is Cc1ccc(C(C)NC(=O)CSc2nnc(N3CCCC3)n2C2CC2)cc1C. The summed E-state index contributed by atoms with van der Waals surface area (Å²) < 4.78 is 2.26. The number of anilines is 1. The number of hydrogen-bond acceptors (Lipinski definition) is 5. The van der Waals surface area contributed by atoms with Crippen molar-refractivity contribution in [1.82, 2.24) is 20.1 Å². The quantitative estimate of drug-likeness (QED) is 0.718. The highest BCUT2D eigenvalue weighted by molar-refractivity contribution is 7.99. The largest absolute Gasteiger partial charge is 0.349 e. The van der Waals surface area contributed by atoms with E-state index in [1.165, 1.54) is 48.6 Å². The van der Waals surface area contributed by atoms with Crippen molar-refractivity contribution in [1.29, 1.82) is 0 Å². The molecule has 1 amide bonds. The number of nitrogens with zero attached hydrogens (tertiary/aromatic N) is 4. The molecule has 28 heavy (non-hydrogen) atoms. The van der Waals surface area contributed by atoms with Gasteiger partial charge in [-0.05, 0) is 63.1 Å². The van der Waals surface area contributed by atoms with Gasteiger partial charge in [0.15, 0.2) is 5.16 Å². The number of nitrogens with one attached hydrogen (secondary N) is 1. The van der Waals surface area contributed by atoms with Gasteiger partial charge in [0.2, 0.25) is 11.9 Å². The third kappa shape index (κ3) is 4.19. The number of carbonyl (C=O) groups excluding carboxylic acids is 1. The normalized spacial score (nSPS) is 17.8. The number of aryl methyl sites for hydroxylation is 2. The van der Waals surface area contributed by atoms with E-state index in [1.54, 1.807) is 0 Å². The second-order valence-electron chi connectivity index (χ2n) is 8.00. The Kier molecular flexibility index (Phi) is 5.62. The van der Waals surface area contributed by atoms with Crippen LogP contribution in [0.25, 0.3) is 0 Å². The van der Waals surface area contributed by atoms with Crippen molar-refractivity contribution < 1.29 is 4.79 Å². The lowest BCUT2D eigenvalue weighted by molar-refractivity contribution is -0.119. The van der Waals surface area contributed by atoms with Crippen LogP contribution in [0.2, 0.25) is 0 Å². The minimum absolute atomic E-state index is 0.00568. The highest BCUT2D eigenvalue weighted by Crippen LogP contribution is 2.41. The zero-order valence-electron chi connectivity index (χ0n) is 16.9. The minimum atomic E-state index is -0.00568. The molecule has 2 aromatic rings. The first kappa shape index (κ1) is 19.3. The maximum absolute atomic E-state index is 12.5. The molecule has 1 atom stereocenters. The van der Waals surface area contributed by atoms with E-state index in [4.69, 9.17) is 0 Å². The maximum atomic E-state index is 12.5. The van der Waals surface area contributed by atoms with Gasteiger partial charge in [0.1, 0.15) is 0 Å². The first-order valence-electron chi connectivity index (χ1n) is 10.2. The van der Waals surface area contributed by atoms with E-state index < -0.39 is 0 Å². The number of carbonyl (C=O) groups is 1. The van der Waals surface area contributed by atoms with Gasteiger partial charge < -0.3 is 10.2 Å². The van der Waals surface area contributed by atoms with E-state index in [0.717, 1.165) is 29.8 Å². The second kappa shape index (κ2) is 8.15. The van der Waals surface area contributed by atoms with Crippen LogP contribution in [0.3, 0.4) is 0 Å². The summed E-state index contributed by atoms with van der Waals surface area (Å²) in [5.74, 6) is 1.38. The highest BCUT2D eigenvalue weighted by atomic mass is 32.2. The summed E-state index contributed by atoms with van der Waals surface area (Å²) in [6.45, 7) is 8.36. The summed E-state index contributed by atoms with van der Waals surface area (Å²) in [4.78, 5) is 14.8. The second-order valence-corrected chi connectivity index (χ2v) is 8.94. The Labute approximate surface area is 171 Å². The first-order chi connectivity index (χ1) is 13.5. The Morgan fingerprint density at radius 1 is 1.21 bits per heavy atom. The number of thioether (sulfide) groups is 1. The maximum Gasteiger partial charge on any atom is 0.230 e. The Morgan fingerprint density at radius 2 is 1.96 bits per heavy atom. The van der Waals surface area contributed by atoms with Crippen LogP contribution in [0.4, 0.5) is 5.95 Å². The van der Waals surface area contributed by atoms with Crippen molar-refractivity contribution >= 4 is 23.6 Å². The Bertz CT molecular complexity index is 854. The van der Waals surface area contributed by atoms with Gasteiger partial charge in [-0.2, -0.15) is 0 Å². The monoisotopic (exact) mass is 399 g/mol. The Morgan fingerprint density at radius 3 is 2.64 bits per heavy atom. The molecule has 2 heterocycles. The van der Waals surface area contributed by atoms with E-state index in [-0.39, 0.29) is 11.9 Å². The van der Waals surface area contributed by atoms with Crippen molar-refractivity contribution in [3.05, 3.63) is 34.9 Å². The van der Waals surface area contributed by atoms with Gasteiger partial charge in [0.25, 0.3) is 0 Å². The average Bonchev–Trinajstić information content (AvgIpc) is 3.19. The van der Waals surface area contributed by atoms with Gasteiger partial charge in [-0.3, -0.25) is 9.36 Å². The molecule has 1 aliphatic carbocycles. The Hall–Kier alpha value is -2.02. The van der Waals surface area contributed by atoms with Crippen LogP contribution in [0.15, 0.2) is 23.4 Å². The predicted molar refractivity (Wildman–Crippen MR) is 113 cm³/mol. The van der Waals surface area contributed by atoms with Crippen LogP contribution in [0.5, 0.6) is 0 Å². The molecule has 1 N–H and O–H groups in total. The van der Waals surface area contributed by atoms with E-state index in [1.807, 2.05) is 6.92 Å². The fourth-order valence-corrected chi connectivity index (χ4v) is 4.50. The summed E-state index contributed by atoms with van der Waals surface area (Å²) >= 11 is 1.50. The molecule has 2 aliphatic rings. The van der Waals surface area contributed by atoms with Crippen LogP contribution in [0, 0.1) is 13.8 Å². The number of benzene rings is 1. The molecule has 2 fully saturated rings. The van der Waals surface area contributed by atoms with Gasteiger partial charge in [-0.1, -0.05) is 30.0 Å². The third-order valence-corrected chi connectivity index (χ3v) is 6.63. The minimum Gasteiger partial charge on any atom is -0.349 e. The van der Waals surface area contributed by atoms with Crippen LogP contribution in [-0.4, -0.2) is 39.5 Å². The molecular weight excluding hydrogens is 370 g/mol. The topological polar surface area (TPSA) is 63.1 Å². The van der Waals surface area contributed by atoms with Crippen LogP contribution in [-0.2, 0) is 4.79 Å². The third-order valence-electron chi connectivity index (χ3n) is 5.69. The van der Waals surface area contributed by atoms with Gasteiger partial charge in [-0.25, -0.2) is 0 Å². The summed E-state index contributed by atoms with van der Waals surface area (Å²) in [6, 6.07) is 6.85. The molecule has 6 nitrogen and oxygen atoms in total. The summed E-state index contributed by atoms with van der Waals surface area (Å²) in [5.41, 5.74) is 3.66. The Balaban J connectivity index is 1.37. The number of aromatic nitrogens is 3. The summed E-state index contributed by atoms with van der Waals surface area (Å²) in [5, 5.41) is 12.8. The van der Waals surface area contributed by atoms with Crippen LogP contribution >= 0.6 is 11.8 Å². The van der Waals surface area contributed by atoms with E-state index in [2.05, 4.69) is 57.0 Å². The van der Waals surface area contributed by atoms with Crippen molar-refractivity contribution in [3.63, 3.8) is 0 Å². The van der Waals surface area contributed by atoms with Crippen molar-refractivity contribution in [2.24, 2.45) is 0 Å². The lowest BCUT2D eigenvalue weighted by Gasteiger charge is -2.18. The molecule has 0 bridgehead atoms. The summed E-state index contributed by atoms with van der Waals surface area (Å²) in [6.07, 6.45) is 4.81. The zero-order valence-corrected chi connectivity index (χ0v) is 17.8. The lowest BCUT2D eigenvalue weighted by atomic mass is 10.0. The molecule has 1 aliphatic heterocycles. The molecular formula is C21H29N5OS. The van der Waals surface area contributed by atoms with Crippen molar-refractivity contribution in [2.75, 3.05) is 23.7 Å². The first-order valence-corrected chi connectivity index (χ1v) is 11.2. The molecule has 4 rings (SSSR count). The molecule has 0 spiro atoms. The lowest BCUT2D eigenvalue weighted by Crippen LogP contribution is -2.28. The van der Waals surface area contributed by atoms with Gasteiger partial charge in [0.05, 0.1) is 11.8 Å². The fraction of sp³-hybridized carbons (Fsp3) is 0.571. The molecule has 7 heteroatoms. The molecule has 1 saturated heterocycles. The molecule has 1 saturated carbocycles. The van der Waals surface area contributed by atoms with Gasteiger partial charge in [0, 0.05) is 19.1 Å². The van der Waals surface area contributed by atoms with E-state index in [9.17, 15) is 4.79 Å². The molecule has 0 radical (unpaired) electrons. The number of amides is 1. The zero-order chi connectivity index (χ0) is 19.7. The fourth-order valence-electron chi connectivity index (χ4n) is 3.68. The molecule has 1 unspecified atom stereocenters. The predicted octanol–water partition coefficient (Wildman–Crippen LogP) is 3.80. The number of hydrogen-bond donors (Lipinski definition) is 1.